The van der Waals surface area contributed by atoms with Gasteiger partial charge in [0.05, 0.1) is 7.11 Å². The second kappa shape index (κ2) is 5.03. The average molecular weight is 212 g/mol. The van der Waals surface area contributed by atoms with Gasteiger partial charge in [-0.1, -0.05) is 18.2 Å². The molecule has 0 heterocycles. The van der Waals surface area contributed by atoms with Crippen LogP contribution in [0.1, 0.15) is 12.0 Å². The number of rotatable bonds is 4. The van der Waals surface area contributed by atoms with Gasteiger partial charge in [0.15, 0.2) is 0 Å². The molecule has 1 aromatic carbocycles. The van der Waals surface area contributed by atoms with Crippen molar-refractivity contribution in [1.82, 2.24) is 0 Å². The molecule has 1 rings (SSSR count). The van der Waals surface area contributed by atoms with E-state index in [-0.39, 0.29) is 0 Å². The van der Waals surface area contributed by atoms with Crippen molar-refractivity contribution in [1.29, 1.82) is 0 Å². The minimum Gasteiger partial charge on any atom is -0.496 e. The van der Waals surface area contributed by atoms with Gasteiger partial charge in [-0.2, -0.15) is 0 Å². The van der Waals surface area contributed by atoms with Crippen LogP contribution in [-0.4, -0.2) is 13.7 Å². The highest BCUT2D eigenvalue weighted by Gasteiger charge is 2.06. The quantitative estimate of drug-likeness (QED) is 0.831. The largest absolute Gasteiger partial charge is 0.496 e. The number of halogens is 1. The lowest BCUT2D eigenvalue weighted by atomic mass is 10.0. The Bertz CT molecular complexity index is 336. The van der Waals surface area contributed by atoms with E-state index in [9.17, 15) is 0 Å². The van der Waals surface area contributed by atoms with Gasteiger partial charge in [-0.05, 0) is 36.7 Å². The summed E-state index contributed by atoms with van der Waals surface area (Å²) in [5.41, 5.74) is 7.41. The van der Waals surface area contributed by atoms with Crippen molar-refractivity contribution in [3.8, 4) is 5.75 Å². The summed E-state index contributed by atoms with van der Waals surface area (Å²) in [7, 11) is 1.62. The summed E-state index contributed by atoms with van der Waals surface area (Å²) in [4.78, 5) is 0. The van der Waals surface area contributed by atoms with Crippen LogP contribution in [-0.2, 0) is 0 Å². The standard InChI is InChI=1S/C11H14ClNO/c1-8(5-6-13)10-4-3-9(12)7-11(10)14-2/h3-4,7H,1,5-6,13H2,2H3. The SMILES string of the molecule is C=C(CCN)c1ccc(Cl)cc1OC. The molecule has 0 amide bonds. The van der Waals surface area contributed by atoms with Gasteiger partial charge in [0.25, 0.3) is 0 Å². The number of benzene rings is 1. The molecule has 0 unspecified atom stereocenters. The molecule has 1 aromatic rings. The molecule has 2 nitrogen and oxygen atoms in total. The van der Waals surface area contributed by atoms with E-state index in [0.717, 1.165) is 23.3 Å². The molecule has 0 fully saturated rings. The van der Waals surface area contributed by atoms with Crippen molar-refractivity contribution in [3.63, 3.8) is 0 Å². The monoisotopic (exact) mass is 211 g/mol. The maximum atomic E-state index is 5.84. The second-order valence-electron chi connectivity index (χ2n) is 2.99. The molecule has 0 aliphatic carbocycles. The summed E-state index contributed by atoms with van der Waals surface area (Å²) >= 11 is 5.84. The Morgan fingerprint density at radius 2 is 2.29 bits per heavy atom. The lowest BCUT2D eigenvalue weighted by Crippen LogP contribution is -2.00. The summed E-state index contributed by atoms with van der Waals surface area (Å²) in [6.45, 7) is 4.54. The Hall–Kier alpha value is -0.990. The van der Waals surface area contributed by atoms with Crippen molar-refractivity contribution >= 4 is 17.2 Å². The summed E-state index contributed by atoms with van der Waals surface area (Å²) < 4.78 is 5.21. The molecule has 0 aliphatic heterocycles. The van der Waals surface area contributed by atoms with Crippen LogP contribution in [0.5, 0.6) is 5.75 Å². The van der Waals surface area contributed by atoms with Gasteiger partial charge in [0.2, 0.25) is 0 Å². The highest BCUT2D eigenvalue weighted by atomic mass is 35.5. The van der Waals surface area contributed by atoms with Crippen LogP contribution in [0.3, 0.4) is 0 Å². The van der Waals surface area contributed by atoms with Crippen molar-refractivity contribution in [2.45, 2.75) is 6.42 Å². The Labute approximate surface area is 89.3 Å². The Morgan fingerprint density at radius 1 is 1.57 bits per heavy atom. The molecule has 0 saturated carbocycles. The van der Waals surface area contributed by atoms with Crippen molar-refractivity contribution in [2.75, 3.05) is 13.7 Å². The molecule has 14 heavy (non-hydrogen) atoms. The minimum atomic E-state index is 0.588. The van der Waals surface area contributed by atoms with Gasteiger partial charge in [-0.3, -0.25) is 0 Å². The number of hydrogen-bond acceptors (Lipinski definition) is 2. The third kappa shape index (κ3) is 2.50. The molecule has 0 radical (unpaired) electrons. The first-order valence-electron chi connectivity index (χ1n) is 4.40. The summed E-state index contributed by atoms with van der Waals surface area (Å²) in [6, 6.07) is 5.50. The molecular formula is C11H14ClNO. The normalized spacial score (nSPS) is 9.93. The van der Waals surface area contributed by atoms with E-state index in [4.69, 9.17) is 22.1 Å². The van der Waals surface area contributed by atoms with Gasteiger partial charge in [0.1, 0.15) is 5.75 Å². The molecule has 0 atom stereocenters. The van der Waals surface area contributed by atoms with Crippen molar-refractivity contribution in [2.24, 2.45) is 5.73 Å². The maximum Gasteiger partial charge on any atom is 0.127 e. The van der Waals surface area contributed by atoms with Gasteiger partial charge < -0.3 is 10.5 Å². The third-order valence-corrected chi connectivity index (χ3v) is 2.23. The molecule has 3 heteroatoms. The number of ether oxygens (including phenoxy) is 1. The molecule has 0 bridgehead atoms. The lowest BCUT2D eigenvalue weighted by Gasteiger charge is -2.10. The predicted molar refractivity (Wildman–Crippen MR) is 60.7 cm³/mol. The van der Waals surface area contributed by atoms with E-state index in [0.29, 0.717) is 11.6 Å². The lowest BCUT2D eigenvalue weighted by molar-refractivity contribution is 0.413. The van der Waals surface area contributed by atoms with E-state index in [2.05, 4.69) is 6.58 Å². The molecule has 0 aliphatic rings. The van der Waals surface area contributed by atoms with Crippen LogP contribution in [0.4, 0.5) is 0 Å². The summed E-state index contributed by atoms with van der Waals surface area (Å²) in [5.74, 6) is 0.746. The smallest absolute Gasteiger partial charge is 0.127 e. The highest BCUT2D eigenvalue weighted by molar-refractivity contribution is 6.30. The third-order valence-electron chi connectivity index (χ3n) is 1.99. The fraction of sp³-hybridized carbons (Fsp3) is 0.273. The fourth-order valence-electron chi connectivity index (χ4n) is 1.27. The van der Waals surface area contributed by atoms with Crippen LogP contribution in [0.15, 0.2) is 24.8 Å². The van der Waals surface area contributed by atoms with Crippen LogP contribution in [0.25, 0.3) is 5.57 Å². The van der Waals surface area contributed by atoms with Gasteiger partial charge >= 0.3 is 0 Å². The Morgan fingerprint density at radius 3 is 2.86 bits per heavy atom. The molecule has 0 spiro atoms. The Balaban J connectivity index is 3.01. The van der Waals surface area contributed by atoms with Crippen molar-refractivity contribution < 1.29 is 4.74 Å². The second-order valence-corrected chi connectivity index (χ2v) is 3.42. The highest BCUT2D eigenvalue weighted by Crippen LogP contribution is 2.29. The average Bonchev–Trinajstić information content (AvgIpc) is 2.17. The summed E-state index contributed by atoms with van der Waals surface area (Å²) in [6.07, 6.45) is 0.762. The van der Waals surface area contributed by atoms with E-state index < -0.39 is 0 Å². The number of methoxy groups -OCH3 is 1. The van der Waals surface area contributed by atoms with E-state index in [1.54, 1.807) is 13.2 Å². The van der Waals surface area contributed by atoms with E-state index >= 15 is 0 Å². The first-order chi connectivity index (χ1) is 6.69. The first kappa shape index (κ1) is 11.1. The fourth-order valence-corrected chi connectivity index (χ4v) is 1.43. The maximum absolute atomic E-state index is 5.84. The molecule has 2 N–H and O–H groups in total. The Kier molecular flexibility index (Phi) is 3.98. The van der Waals surface area contributed by atoms with Crippen LogP contribution in [0, 0.1) is 0 Å². The zero-order valence-corrected chi connectivity index (χ0v) is 8.97. The van der Waals surface area contributed by atoms with Gasteiger partial charge in [0, 0.05) is 10.6 Å². The van der Waals surface area contributed by atoms with Crippen LogP contribution < -0.4 is 10.5 Å². The van der Waals surface area contributed by atoms with Crippen LogP contribution >= 0.6 is 11.6 Å². The van der Waals surface area contributed by atoms with Gasteiger partial charge in [-0.15, -0.1) is 0 Å². The predicted octanol–water partition coefficient (Wildman–Crippen LogP) is 2.71. The molecular weight excluding hydrogens is 198 g/mol. The van der Waals surface area contributed by atoms with Crippen LogP contribution in [0.2, 0.25) is 5.02 Å². The van der Waals surface area contributed by atoms with Crippen molar-refractivity contribution in [3.05, 3.63) is 35.4 Å². The molecule has 76 valence electrons. The molecule has 0 saturated heterocycles. The number of hydrogen-bond donors (Lipinski definition) is 1. The topological polar surface area (TPSA) is 35.2 Å². The zero-order chi connectivity index (χ0) is 10.6. The zero-order valence-electron chi connectivity index (χ0n) is 8.22. The first-order valence-corrected chi connectivity index (χ1v) is 4.78. The minimum absolute atomic E-state index is 0.588. The van der Waals surface area contributed by atoms with Gasteiger partial charge in [-0.25, -0.2) is 0 Å². The molecule has 0 aromatic heterocycles. The van der Waals surface area contributed by atoms with E-state index in [1.165, 1.54) is 0 Å². The summed E-state index contributed by atoms with van der Waals surface area (Å²) in [5, 5.41) is 0.658. The van der Waals surface area contributed by atoms with E-state index in [1.807, 2.05) is 12.1 Å². The number of nitrogens with two attached hydrogens (primary N) is 1.